The summed E-state index contributed by atoms with van der Waals surface area (Å²) < 4.78 is 14.2. The predicted molar refractivity (Wildman–Crippen MR) is 73.3 cm³/mol. The Morgan fingerprint density at radius 2 is 2.40 bits per heavy atom. The first-order valence-corrected chi connectivity index (χ1v) is 6.35. The highest BCUT2D eigenvalue weighted by molar-refractivity contribution is 5.97. The lowest BCUT2D eigenvalue weighted by Crippen LogP contribution is -2.23. The zero-order valence-corrected chi connectivity index (χ0v) is 10.6. The van der Waals surface area contributed by atoms with Crippen molar-refractivity contribution in [3.63, 3.8) is 0 Å². The van der Waals surface area contributed by atoms with E-state index in [2.05, 4.69) is 15.6 Å². The summed E-state index contributed by atoms with van der Waals surface area (Å²) in [5.41, 5.74) is 0.270. The summed E-state index contributed by atoms with van der Waals surface area (Å²) in [4.78, 5) is 14.5. The third kappa shape index (κ3) is 2.16. The summed E-state index contributed by atoms with van der Waals surface area (Å²) in [5.74, 6) is -0.644. The fourth-order valence-electron chi connectivity index (χ4n) is 2.46. The van der Waals surface area contributed by atoms with Crippen LogP contribution in [0, 0.1) is 15.9 Å². The Morgan fingerprint density at radius 1 is 1.55 bits per heavy atom. The Hall–Kier alpha value is -2.28. The van der Waals surface area contributed by atoms with Crippen molar-refractivity contribution < 1.29 is 9.31 Å². The minimum absolute atomic E-state index is 0.108. The quantitative estimate of drug-likeness (QED) is 0.662. The second-order valence-electron chi connectivity index (χ2n) is 4.74. The number of hydrogen-bond acceptors (Lipinski definition) is 5. The first kappa shape index (κ1) is 12.7. The molecule has 1 aliphatic heterocycles. The number of nitrogens with zero attached hydrogens (tertiary/aromatic N) is 2. The van der Waals surface area contributed by atoms with Crippen molar-refractivity contribution >= 4 is 22.3 Å². The number of pyridine rings is 1. The number of non-ortho nitro benzene ring substituents is 1. The van der Waals surface area contributed by atoms with Crippen LogP contribution < -0.4 is 10.6 Å². The topological polar surface area (TPSA) is 80.1 Å². The maximum atomic E-state index is 14.2. The molecule has 0 bridgehead atoms. The van der Waals surface area contributed by atoms with E-state index in [0.29, 0.717) is 10.9 Å². The molecular formula is C13H13FN4O2. The minimum Gasteiger partial charge on any atom is -0.377 e. The van der Waals surface area contributed by atoms with E-state index in [0.717, 1.165) is 25.6 Å². The number of nitrogens with one attached hydrogen (secondary N) is 2. The maximum absolute atomic E-state index is 14.2. The highest BCUT2D eigenvalue weighted by Crippen LogP contribution is 2.33. The van der Waals surface area contributed by atoms with Crippen LogP contribution in [0.3, 0.4) is 0 Å². The van der Waals surface area contributed by atoms with Gasteiger partial charge in [-0.05, 0) is 25.1 Å². The Labute approximate surface area is 114 Å². The van der Waals surface area contributed by atoms with E-state index in [1.165, 1.54) is 6.20 Å². The van der Waals surface area contributed by atoms with E-state index in [1.807, 2.05) is 0 Å². The zero-order valence-electron chi connectivity index (χ0n) is 10.6. The molecule has 1 aromatic carbocycles. The van der Waals surface area contributed by atoms with Gasteiger partial charge in [-0.2, -0.15) is 0 Å². The van der Waals surface area contributed by atoms with Gasteiger partial charge in [-0.25, -0.2) is 4.39 Å². The first-order chi connectivity index (χ1) is 9.66. The summed E-state index contributed by atoms with van der Waals surface area (Å²) >= 11 is 0. The molecule has 0 aliphatic carbocycles. The van der Waals surface area contributed by atoms with Crippen LogP contribution in [0.2, 0.25) is 0 Å². The average molecular weight is 276 g/mol. The third-order valence-corrected chi connectivity index (χ3v) is 3.43. The lowest BCUT2D eigenvalue weighted by Gasteiger charge is -2.15. The molecule has 1 unspecified atom stereocenters. The fraction of sp³-hybridized carbons (Fsp3) is 0.308. The van der Waals surface area contributed by atoms with Gasteiger partial charge in [0.1, 0.15) is 5.52 Å². The Morgan fingerprint density at radius 3 is 3.10 bits per heavy atom. The summed E-state index contributed by atoms with van der Waals surface area (Å²) in [5, 5.41) is 17.6. The van der Waals surface area contributed by atoms with Crippen molar-refractivity contribution in [2.45, 2.75) is 12.5 Å². The summed E-state index contributed by atoms with van der Waals surface area (Å²) in [6, 6.07) is 4.25. The van der Waals surface area contributed by atoms with Gasteiger partial charge in [0.15, 0.2) is 5.82 Å². The molecule has 1 saturated heterocycles. The lowest BCUT2D eigenvalue weighted by atomic mass is 10.1. The fourth-order valence-corrected chi connectivity index (χ4v) is 2.46. The number of anilines is 1. The van der Waals surface area contributed by atoms with Crippen molar-refractivity contribution in [2.24, 2.45) is 0 Å². The standard InChI is InChI=1S/C13H13FN4O2/c14-10-6-11(18(19)20)9-2-1-4-16-12(9)13(10)17-8-3-5-15-7-8/h1-2,4,6,8,15,17H,3,5,7H2. The zero-order chi connectivity index (χ0) is 14.1. The highest BCUT2D eigenvalue weighted by atomic mass is 19.1. The highest BCUT2D eigenvalue weighted by Gasteiger charge is 2.22. The average Bonchev–Trinajstić information content (AvgIpc) is 2.94. The van der Waals surface area contributed by atoms with Gasteiger partial charge in [0.05, 0.1) is 22.1 Å². The van der Waals surface area contributed by atoms with E-state index in [-0.39, 0.29) is 17.4 Å². The van der Waals surface area contributed by atoms with Crippen LogP contribution in [0.1, 0.15) is 6.42 Å². The van der Waals surface area contributed by atoms with Gasteiger partial charge in [-0.1, -0.05) is 0 Å². The van der Waals surface area contributed by atoms with Gasteiger partial charge >= 0.3 is 0 Å². The molecule has 0 spiro atoms. The van der Waals surface area contributed by atoms with E-state index in [4.69, 9.17) is 0 Å². The molecule has 1 aromatic heterocycles. The van der Waals surface area contributed by atoms with E-state index in [1.54, 1.807) is 12.1 Å². The molecule has 2 heterocycles. The maximum Gasteiger partial charge on any atom is 0.281 e. The molecule has 0 saturated carbocycles. The van der Waals surface area contributed by atoms with Crippen LogP contribution in [0.25, 0.3) is 10.9 Å². The Kier molecular flexibility index (Phi) is 3.19. The molecule has 20 heavy (non-hydrogen) atoms. The SMILES string of the molecule is O=[N+]([O-])c1cc(F)c(NC2CCNC2)c2ncccc12. The second kappa shape index (κ2) is 5.01. The predicted octanol–water partition coefficient (Wildman–Crippen LogP) is 2.06. The van der Waals surface area contributed by atoms with Gasteiger partial charge in [0, 0.05) is 18.8 Å². The molecule has 0 amide bonds. The van der Waals surface area contributed by atoms with E-state index < -0.39 is 10.7 Å². The first-order valence-electron chi connectivity index (χ1n) is 6.35. The van der Waals surface area contributed by atoms with Gasteiger partial charge in [0.25, 0.3) is 5.69 Å². The largest absolute Gasteiger partial charge is 0.377 e. The van der Waals surface area contributed by atoms with Crippen molar-refractivity contribution in [1.29, 1.82) is 0 Å². The molecule has 0 radical (unpaired) electrons. The number of fused-ring (bicyclic) bond motifs is 1. The van der Waals surface area contributed by atoms with Crippen molar-refractivity contribution in [1.82, 2.24) is 10.3 Å². The number of nitro benzene ring substituents is 1. The second-order valence-corrected chi connectivity index (χ2v) is 4.74. The Bertz CT molecular complexity index is 671. The number of nitro groups is 1. The minimum atomic E-state index is -0.644. The Balaban J connectivity index is 2.13. The van der Waals surface area contributed by atoms with Crippen LogP contribution in [0.4, 0.5) is 15.8 Å². The molecule has 7 heteroatoms. The van der Waals surface area contributed by atoms with Crippen molar-refractivity contribution in [3.05, 3.63) is 40.3 Å². The molecule has 104 valence electrons. The van der Waals surface area contributed by atoms with Crippen LogP contribution in [-0.2, 0) is 0 Å². The molecular weight excluding hydrogens is 263 g/mol. The number of halogens is 1. The van der Waals surface area contributed by atoms with Gasteiger partial charge in [-0.3, -0.25) is 15.1 Å². The molecule has 1 aliphatic rings. The number of aromatic nitrogens is 1. The van der Waals surface area contributed by atoms with Crippen LogP contribution in [-0.4, -0.2) is 29.0 Å². The summed E-state index contributed by atoms with van der Waals surface area (Å²) in [6.07, 6.45) is 2.38. The lowest BCUT2D eigenvalue weighted by molar-refractivity contribution is -0.383. The molecule has 1 atom stereocenters. The van der Waals surface area contributed by atoms with Crippen LogP contribution in [0.5, 0.6) is 0 Å². The molecule has 1 fully saturated rings. The third-order valence-electron chi connectivity index (χ3n) is 3.43. The van der Waals surface area contributed by atoms with Crippen molar-refractivity contribution in [2.75, 3.05) is 18.4 Å². The molecule has 6 nitrogen and oxygen atoms in total. The summed E-state index contributed by atoms with van der Waals surface area (Å²) in [6.45, 7) is 1.61. The normalized spacial score (nSPS) is 18.4. The van der Waals surface area contributed by atoms with Gasteiger partial charge in [-0.15, -0.1) is 0 Å². The van der Waals surface area contributed by atoms with Gasteiger partial charge < -0.3 is 10.6 Å². The molecule has 3 rings (SSSR count). The van der Waals surface area contributed by atoms with Gasteiger partial charge in [0.2, 0.25) is 0 Å². The molecule has 2 N–H and O–H groups in total. The van der Waals surface area contributed by atoms with Crippen LogP contribution in [0.15, 0.2) is 24.4 Å². The molecule has 2 aromatic rings. The number of hydrogen-bond donors (Lipinski definition) is 2. The number of benzene rings is 1. The van der Waals surface area contributed by atoms with E-state index in [9.17, 15) is 14.5 Å². The van der Waals surface area contributed by atoms with Crippen molar-refractivity contribution in [3.8, 4) is 0 Å². The van der Waals surface area contributed by atoms with E-state index >= 15 is 0 Å². The summed E-state index contributed by atoms with van der Waals surface area (Å²) in [7, 11) is 0. The van der Waals surface area contributed by atoms with Crippen LogP contribution >= 0.6 is 0 Å². The smallest absolute Gasteiger partial charge is 0.281 e. The number of rotatable bonds is 3. The monoisotopic (exact) mass is 276 g/mol.